The van der Waals surface area contributed by atoms with E-state index >= 15 is 0 Å². The lowest BCUT2D eigenvalue weighted by atomic mass is 9.89. The highest BCUT2D eigenvalue weighted by atomic mass is 19.4. The van der Waals surface area contributed by atoms with Gasteiger partial charge < -0.3 is 10.6 Å². The molecule has 0 radical (unpaired) electrons. The van der Waals surface area contributed by atoms with Gasteiger partial charge in [-0.15, -0.1) is 0 Å². The average Bonchev–Trinajstić information content (AvgIpc) is 2.33. The molecule has 3 nitrogen and oxygen atoms in total. The Bertz CT molecular complexity index is 455. The first-order valence-electron chi connectivity index (χ1n) is 5.59. The maximum absolute atomic E-state index is 12.4. The van der Waals surface area contributed by atoms with E-state index in [1.165, 1.54) is 12.1 Å². The highest BCUT2D eigenvalue weighted by Crippen LogP contribution is 2.35. The molecule has 1 amide bonds. The number of benzene rings is 1. The van der Waals surface area contributed by atoms with Gasteiger partial charge in [0.25, 0.3) is 0 Å². The van der Waals surface area contributed by atoms with Crippen molar-refractivity contribution in [3.8, 4) is 0 Å². The third-order valence-electron chi connectivity index (χ3n) is 3.16. The van der Waals surface area contributed by atoms with Gasteiger partial charge in [-0.1, -0.05) is 12.1 Å². The van der Waals surface area contributed by atoms with Crippen molar-refractivity contribution < 1.29 is 18.0 Å². The van der Waals surface area contributed by atoms with Crippen LogP contribution in [0, 0.1) is 0 Å². The number of carbonyl (C=O) groups is 1. The molecular weight excluding hydrogens is 245 g/mol. The Morgan fingerprint density at radius 1 is 1.28 bits per heavy atom. The number of β-lactam (4-membered cyclic amide) rings is 1. The minimum absolute atomic E-state index is 0.164. The first-order valence-corrected chi connectivity index (χ1v) is 5.59. The van der Waals surface area contributed by atoms with Gasteiger partial charge in [0.2, 0.25) is 5.91 Å². The summed E-state index contributed by atoms with van der Waals surface area (Å²) in [6.45, 7) is 2.30. The average molecular weight is 258 g/mol. The summed E-state index contributed by atoms with van der Waals surface area (Å²) in [5, 5.41) is 0. The molecule has 2 N–H and O–H groups in total. The van der Waals surface area contributed by atoms with Gasteiger partial charge in [0.1, 0.15) is 6.04 Å². The molecule has 1 aromatic rings. The fourth-order valence-electron chi connectivity index (χ4n) is 2.18. The Labute approximate surface area is 102 Å². The lowest BCUT2D eigenvalue weighted by molar-refractivity contribution is -0.149. The van der Waals surface area contributed by atoms with Gasteiger partial charge in [-0.25, -0.2) is 0 Å². The molecular formula is C12H13F3N2O. The minimum Gasteiger partial charge on any atom is -0.332 e. The van der Waals surface area contributed by atoms with Crippen molar-refractivity contribution in [1.29, 1.82) is 0 Å². The van der Waals surface area contributed by atoms with Crippen molar-refractivity contribution in [3.63, 3.8) is 0 Å². The summed E-state index contributed by atoms with van der Waals surface area (Å²) < 4.78 is 37.2. The van der Waals surface area contributed by atoms with Crippen molar-refractivity contribution in [2.24, 2.45) is 5.73 Å². The molecule has 2 rings (SSSR count). The van der Waals surface area contributed by atoms with Crippen molar-refractivity contribution >= 4 is 5.91 Å². The zero-order valence-corrected chi connectivity index (χ0v) is 9.74. The lowest BCUT2D eigenvalue weighted by Crippen LogP contribution is -2.62. The van der Waals surface area contributed by atoms with E-state index in [9.17, 15) is 18.0 Å². The lowest BCUT2D eigenvalue weighted by Gasteiger charge is -2.45. The summed E-state index contributed by atoms with van der Waals surface area (Å²) in [6.07, 6.45) is -4.35. The Hall–Kier alpha value is -1.56. The fourth-order valence-corrected chi connectivity index (χ4v) is 2.18. The van der Waals surface area contributed by atoms with Crippen LogP contribution in [0.15, 0.2) is 24.3 Å². The summed E-state index contributed by atoms with van der Waals surface area (Å²) in [4.78, 5) is 13.0. The maximum atomic E-state index is 12.4. The van der Waals surface area contributed by atoms with Gasteiger partial charge in [-0.3, -0.25) is 4.79 Å². The highest BCUT2D eigenvalue weighted by Gasteiger charge is 2.44. The summed E-state index contributed by atoms with van der Waals surface area (Å²) in [5.41, 5.74) is 5.61. The van der Waals surface area contributed by atoms with Crippen LogP contribution in [0.25, 0.3) is 0 Å². The second-order valence-electron chi connectivity index (χ2n) is 4.21. The number of halogens is 3. The Balaban J connectivity index is 2.23. The number of amides is 1. The zero-order valence-electron chi connectivity index (χ0n) is 9.74. The molecule has 18 heavy (non-hydrogen) atoms. The number of nitrogens with zero attached hydrogens (tertiary/aromatic N) is 1. The number of rotatable bonds is 2. The van der Waals surface area contributed by atoms with Crippen LogP contribution >= 0.6 is 0 Å². The Kier molecular flexibility index (Phi) is 3.06. The smallest absolute Gasteiger partial charge is 0.332 e. The summed E-state index contributed by atoms with van der Waals surface area (Å²) in [5.74, 6) is -0.164. The van der Waals surface area contributed by atoms with Crippen LogP contribution in [-0.2, 0) is 11.0 Å². The number of carbonyl (C=O) groups excluding carboxylic acids is 1. The van der Waals surface area contributed by atoms with Gasteiger partial charge in [-0.2, -0.15) is 13.2 Å². The van der Waals surface area contributed by atoms with Gasteiger partial charge in [0.05, 0.1) is 11.6 Å². The largest absolute Gasteiger partial charge is 0.416 e. The van der Waals surface area contributed by atoms with Crippen molar-refractivity contribution in [1.82, 2.24) is 4.90 Å². The Morgan fingerprint density at radius 2 is 1.83 bits per heavy atom. The van der Waals surface area contributed by atoms with Crippen LogP contribution in [0.2, 0.25) is 0 Å². The van der Waals surface area contributed by atoms with E-state index in [2.05, 4.69) is 0 Å². The van der Waals surface area contributed by atoms with Crippen molar-refractivity contribution in [2.45, 2.75) is 25.2 Å². The molecule has 2 atom stereocenters. The zero-order chi connectivity index (χ0) is 13.5. The van der Waals surface area contributed by atoms with E-state index in [0.717, 1.165) is 12.1 Å². The summed E-state index contributed by atoms with van der Waals surface area (Å²) >= 11 is 0. The number of likely N-dealkylation sites (N-methyl/N-ethyl adjacent to an activating group) is 1. The van der Waals surface area contributed by atoms with E-state index in [-0.39, 0.29) is 11.9 Å². The maximum Gasteiger partial charge on any atom is 0.416 e. The molecule has 1 heterocycles. The van der Waals surface area contributed by atoms with E-state index in [1.807, 2.05) is 0 Å². The molecule has 1 aliphatic rings. The first-order chi connectivity index (χ1) is 8.36. The fraction of sp³-hybridized carbons (Fsp3) is 0.417. The van der Waals surface area contributed by atoms with E-state index < -0.39 is 17.8 Å². The molecule has 0 bridgehead atoms. The summed E-state index contributed by atoms with van der Waals surface area (Å²) in [6, 6.07) is 3.81. The second kappa shape index (κ2) is 4.28. The van der Waals surface area contributed by atoms with Gasteiger partial charge in [0.15, 0.2) is 0 Å². The van der Waals surface area contributed by atoms with Gasteiger partial charge in [0, 0.05) is 6.54 Å². The molecule has 0 saturated carbocycles. The number of hydrogen-bond acceptors (Lipinski definition) is 2. The number of alkyl halides is 3. The Morgan fingerprint density at radius 3 is 2.28 bits per heavy atom. The van der Waals surface area contributed by atoms with E-state index in [0.29, 0.717) is 12.1 Å². The molecule has 1 fully saturated rings. The van der Waals surface area contributed by atoms with Crippen molar-refractivity contribution in [2.75, 3.05) is 6.54 Å². The summed E-state index contributed by atoms with van der Waals surface area (Å²) in [7, 11) is 0. The van der Waals surface area contributed by atoms with Crippen molar-refractivity contribution in [3.05, 3.63) is 35.4 Å². The quantitative estimate of drug-likeness (QED) is 0.824. The van der Waals surface area contributed by atoms with Crippen LogP contribution in [0.1, 0.15) is 24.1 Å². The highest BCUT2D eigenvalue weighted by molar-refractivity contribution is 5.89. The van der Waals surface area contributed by atoms with Crippen LogP contribution < -0.4 is 5.73 Å². The molecule has 0 aliphatic carbocycles. The molecule has 1 aromatic carbocycles. The van der Waals surface area contributed by atoms with E-state index in [4.69, 9.17) is 5.73 Å². The third kappa shape index (κ3) is 1.96. The molecule has 0 unspecified atom stereocenters. The standard InChI is InChI=1S/C12H13F3N2O/c1-2-17-10(9(16)11(17)18)7-3-5-8(6-4-7)12(13,14)15/h3-6,9-10H,2,16H2,1H3/t9-,10+/m1/s1. The molecule has 1 saturated heterocycles. The molecule has 6 heteroatoms. The number of likely N-dealkylation sites (tertiary alicyclic amines) is 1. The molecule has 0 spiro atoms. The SMILES string of the molecule is CCN1C(=O)[C@H](N)[C@@H]1c1ccc(C(F)(F)F)cc1. The van der Waals surface area contributed by atoms with Gasteiger partial charge in [-0.05, 0) is 24.6 Å². The van der Waals surface area contributed by atoms with Crippen LogP contribution in [0.3, 0.4) is 0 Å². The first kappa shape index (κ1) is 12.9. The topological polar surface area (TPSA) is 46.3 Å². The van der Waals surface area contributed by atoms with Crippen LogP contribution in [0.5, 0.6) is 0 Å². The second-order valence-corrected chi connectivity index (χ2v) is 4.21. The third-order valence-corrected chi connectivity index (χ3v) is 3.16. The predicted octanol–water partition coefficient (Wildman–Crippen LogP) is 1.94. The van der Waals surface area contributed by atoms with E-state index in [1.54, 1.807) is 11.8 Å². The molecule has 1 aliphatic heterocycles. The minimum atomic E-state index is -4.35. The van der Waals surface area contributed by atoms with Crippen LogP contribution in [-0.4, -0.2) is 23.4 Å². The van der Waals surface area contributed by atoms with Gasteiger partial charge >= 0.3 is 6.18 Å². The molecule has 98 valence electrons. The number of nitrogens with two attached hydrogens (primary N) is 1. The van der Waals surface area contributed by atoms with Crippen LogP contribution in [0.4, 0.5) is 13.2 Å². The normalized spacial score (nSPS) is 24.1. The molecule has 0 aromatic heterocycles. The monoisotopic (exact) mass is 258 g/mol. The predicted molar refractivity (Wildman–Crippen MR) is 59.5 cm³/mol. The number of hydrogen-bond donors (Lipinski definition) is 1.